The minimum atomic E-state index is -0.801. The van der Waals surface area contributed by atoms with Gasteiger partial charge in [0.05, 0.1) is 14.2 Å². The number of ether oxygens (including phenoxy) is 2. The Bertz CT molecular complexity index is 607. The first-order valence-electron chi connectivity index (χ1n) is 6.22. The van der Waals surface area contributed by atoms with Crippen LogP contribution in [0, 0.1) is 0 Å². The maximum atomic E-state index is 12.2. The van der Waals surface area contributed by atoms with E-state index in [4.69, 9.17) is 9.47 Å². The molecule has 0 saturated carbocycles. The zero-order valence-corrected chi connectivity index (χ0v) is 12.5. The van der Waals surface area contributed by atoms with Crippen LogP contribution in [0.5, 0.6) is 5.75 Å². The Kier molecular flexibility index (Phi) is 4.94. The zero-order valence-electron chi connectivity index (χ0n) is 11.7. The Hall–Kier alpha value is -2.34. The SMILES string of the molecule is COC(=O)C(NC(=O)c1ccc(OC)cc1)c1cccs1. The van der Waals surface area contributed by atoms with Gasteiger partial charge in [0.15, 0.2) is 6.04 Å². The number of hydrogen-bond acceptors (Lipinski definition) is 5. The second kappa shape index (κ2) is 6.90. The second-order valence-corrected chi connectivity index (χ2v) is 5.15. The number of carbonyl (C=O) groups excluding carboxylic acids is 2. The molecule has 6 heteroatoms. The van der Waals surface area contributed by atoms with Crippen LogP contribution in [0.15, 0.2) is 41.8 Å². The van der Waals surface area contributed by atoms with Gasteiger partial charge in [-0.15, -0.1) is 11.3 Å². The van der Waals surface area contributed by atoms with Crippen molar-refractivity contribution in [2.75, 3.05) is 14.2 Å². The van der Waals surface area contributed by atoms with Gasteiger partial charge in [0.2, 0.25) is 0 Å². The number of esters is 1. The third-order valence-electron chi connectivity index (χ3n) is 2.89. The number of benzene rings is 1. The number of amides is 1. The Balaban J connectivity index is 2.16. The monoisotopic (exact) mass is 305 g/mol. The van der Waals surface area contributed by atoms with Crippen molar-refractivity contribution in [3.8, 4) is 5.75 Å². The standard InChI is InChI=1S/C15H15NO4S/c1-19-11-7-5-10(6-8-11)14(17)16-13(15(18)20-2)12-4-3-9-21-12/h3-9,13H,1-2H3,(H,16,17). The Morgan fingerprint density at radius 3 is 2.38 bits per heavy atom. The van der Waals surface area contributed by atoms with E-state index in [-0.39, 0.29) is 5.91 Å². The summed E-state index contributed by atoms with van der Waals surface area (Å²) in [5.41, 5.74) is 0.446. The highest BCUT2D eigenvalue weighted by Crippen LogP contribution is 2.21. The van der Waals surface area contributed by atoms with Crippen molar-refractivity contribution < 1.29 is 19.1 Å². The first-order valence-corrected chi connectivity index (χ1v) is 7.10. The van der Waals surface area contributed by atoms with Gasteiger partial charge in [0.25, 0.3) is 5.91 Å². The fraction of sp³-hybridized carbons (Fsp3) is 0.200. The molecule has 0 saturated heterocycles. The highest BCUT2D eigenvalue weighted by molar-refractivity contribution is 7.10. The van der Waals surface area contributed by atoms with Gasteiger partial charge in [-0.1, -0.05) is 6.07 Å². The van der Waals surface area contributed by atoms with E-state index in [0.717, 1.165) is 4.88 Å². The predicted molar refractivity (Wildman–Crippen MR) is 79.5 cm³/mol. The van der Waals surface area contributed by atoms with E-state index in [1.54, 1.807) is 37.4 Å². The molecule has 2 aromatic rings. The van der Waals surface area contributed by atoms with Crippen LogP contribution in [0.4, 0.5) is 0 Å². The normalized spacial score (nSPS) is 11.5. The Morgan fingerprint density at radius 2 is 1.86 bits per heavy atom. The van der Waals surface area contributed by atoms with Crippen molar-refractivity contribution >= 4 is 23.2 Å². The first kappa shape index (κ1) is 15.1. The summed E-state index contributed by atoms with van der Waals surface area (Å²) in [7, 11) is 2.85. The Morgan fingerprint density at radius 1 is 1.14 bits per heavy atom. The molecule has 1 N–H and O–H groups in total. The lowest BCUT2D eigenvalue weighted by atomic mass is 10.1. The van der Waals surface area contributed by atoms with Gasteiger partial charge >= 0.3 is 5.97 Å². The molecule has 110 valence electrons. The van der Waals surface area contributed by atoms with Gasteiger partial charge in [0, 0.05) is 10.4 Å². The van der Waals surface area contributed by atoms with E-state index in [0.29, 0.717) is 11.3 Å². The minimum absolute atomic E-state index is 0.346. The molecule has 0 fully saturated rings. The average molecular weight is 305 g/mol. The predicted octanol–water partition coefficient (Wildman–Crippen LogP) is 2.40. The summed E-state index contributed by atoms with van der Waals surface area (Å²) in [6, 6.07) is 9.44. The van der Waals surface area contributed by atoms with Crippen molar-refractivity contribution in [2.24, 2.45) is 0 Å². The van der Waals surface area contributed by atoms with Crippen LogP contribution in [0.3, 0.4) is 0 Å². The number of carbonyl (C=O) groups is 2. The van der Waals surface area contributed by atoms with Crippen LogP contribution < -0.4 is 10.1 Å². The van der Waals surface area contributed by atoms with E-state index in [9.17, 15) is 9.59 Å². The number of rotatable bonds is 5. The van der Waals surface area contributed by atoms with Crippen LogP contribution in [-0.2, 0) is 9.53 Å². The molecule has 0 bridgehead atoms. The summed E-state index contributed by atoms with van der Waals surface area (Å²) in [6.07, 6.45) is 0. The summed E-state index contributed by atoms with van der Waals surface area (Å²) in [5, 5.41) is 4.52. The third-order valence-corrected chi connectivity index (χ3v) is 3.83. The lowest BCUT2D eigenvalue weighted by Gasteiger charge is -2.15. The van der Waals surface area contributed by atoms with Crippen molar-refractivity contribution in [1.82, 2.24) is 5.32 Å². The molecule has 0 spiro atoms. The summed E-state index contributed by atoms with van der Waals surface area (Å²) >= 11 is 1.38. The van der Waals surface area contributed by atoms with Crippen LogP contribution in [0.25, 0.3) is 0 Å². The van der Waals surface area contributed by atoms with E-state index >= 15 is 0 Å². The number of thiophene rings is 1. The molecule has 5 nitrogen and oxygen atoms in total. The smallest absolute Gasteiger partial charge is 0.333 e. The molecule has 1 atom stereocenters. The Labute approximate surface area is 126 Å². The van der Waals surface area contributed by atoms with Crippen LogP contribution in [0.2, 0.25) is 0 Å². The molecule has 1 heterocycles. The molecular weight excluding hydrogens is 290 g/mol. The second-order valence-electron chi connectivity index (χ2n) is 4.17. The highest BCUT2D eigenvalue weighted by atomic mass is 32.1. The van der Waals surface area contributed by atoms with Gasteiger partial charge in [0.1, 0.15) is 5.75 Å². The van der Waals surface area contributed by atoms with E-state index in [1.807, 2.05) is 11.4 Å². The molecule has 1 amide bonds. The molecule has 0 aliphatic heterocycles. The number of methoxy groups -OCH3 is 2. The summed E-state index contributed by atoms with van der Waals surface area (Å²) in [6.45, 7) is 0. The van der Waals surface area contributed by atoms with Crippen molar-refractivity contribution in [3.63, 3.8) is 0 Å². The molecule has 1 unspecified atom stereocenters. The zero-order chi connectivity index (χ0) is 15.2. The van der Waals surface area contributed by atoms with Crippen molar-refractivity contribution in [1.29, 1.82) is 0 Å². The lowest BCUT2D eigenvalue weighted by molar-refractivity contribution is -0.143. The maximum Gasteiger partial charge on any atom is 0.333 e. The average Bonchev–Trinajstić information content (AvgIpc) is 3.05. The van der Waals surface area contributed by atoms with Gasteiger partial charge in [-0.2, -0.15) is 0 Å². The van der Waals surface area contributed by atoms with Crippen LogP contribution >= 0.6 is 11.3 Å². The van der Waals surface area contributed by atoms with Gasteiger partial charge in [-0.25, -0.2) is 4.79 Å². The lowest BCUT2D eigenvalue weighted by Crippen LogP contribution is -2.34. The van der Waals surface area contributed by atoms with E-state index in [1.165, 1.54) is 18.4 Å². The fourth-order valence-electron chi connectivity index (χ4n) is 1.78. The van der Waals surface area contributed by atoms with Gasteiger partial charge in [-0.3, -0.25) is 4.79 Å². The summed E-state index contributed by atoms with van der Waals surface area (Å²) in [4.78, 5) is 24.8. The molecule has 21 heavy (non-hydrogen) atoms. The van der Waals surface area contributed by atoms with Gasteiger partial charge < -0.3 is 14.8 Å². The van der Waals surface area contributed by atoms with Crippen molar-refractivity contribution in [3.05, 3.63) is 52.2 Å². The van der Waals surface area contributed by atoms with Crippen molar-refractivity contribution in [2.45, 2.75) is 6.04 Å². The number of nitrogens with one attached hydrogen (secondary N) is 1. The first-order chi connectivity index (χ1) is 10.2. The van der Waals surface area contributed by atoms with Crippen LogP contribution in [-0.4, -0.2) is 26.1 Å². The quantitative estimate of drug-likeness (QED) is 0.862. The topological polar surface area (TPSA) is 64.6 Å². The van der Waals surface area contributed by atoms with Gasteiger partial charge in [-0.05, 0) is 35.7 Å². The molecule has 0 aliphatic rings. The third kappa shape index (κ3) is 3.61. The summed E-state index contributed by atoms with van der Waals surface area (Å²) < 4.78 is 9.78. The maximum absolute atomic E-state index is 12.2. The molecule has 1 aromatic carbocycles. The fourth-order valence-corrected chi connectivity index (χ4v) is 2.54. The molecule has 2 rings (SSSR count). The molecule has 0 aliphatic carbocycles. The molecular formula is C15H15NO4S. The highest BCUT2D eigenvalue weighted by Gasteiger charge is 2.24. The largest absolute Gasteiger partial charge is 0.497 e. The summed E-state index contributed by atoms with van der Waals surface area (Å²) in [5.74, 6) is -0.185. The molecule has 0 radical (unpaired) electrons. The van der Waals surface area contributed by atoms with E-state index < -0.39 is 12.0 Å². The molecule has 1 aromatic heterocycles. The van der Waals surface area contributed by atoms with Crippen LogP contribution in [0.1, 0.15) is 21.3 Å². The minimum Gasteiger partial charge on any atom is -0.497 e. The number of hydrogen-bond donors (Lipinski definition) is 1. The van der Waals surface area contributed by atoms with E-state index in [2.05, 4.69) is 5.32 Å².